The predicted molar refractivity (Wildman–Crippen MR) is 76.3 cm³/mol. The van der Waals surface area contributed by atoms with Crippen molar-refractivity contribution in [2.45, 2.75) is 37.6 Å². The van der Waals surface area contributed by atoms with Crippen molar-refractivity contribution >= 4 is 17.6 Å². The van der Waals surface area contributed by atoms with Crippen LogP contribution in [-0.2, 0) is 5.54 Å². The smallest absolute Gasteiger partial charge is 0.318 e. The molecule has 0 bridgehead atoms. The van der Waals surface area contributed by atoms with Crippen LogP contribution in [0.5, 0.6) is 0 Å². The van der Waals surface area contributed by atoms with Crippen molar-refractivity contribution in [2.75, 3.05) is 13.1 Å². The molecule has 1 aliphatic heterocycles. The van der Waals surface area contributed by atoms with E-state index in [0.717, 1.165) is 49.4 Å². The van der Waals surface area contributed by atoms with E-state index < -0.39 is 0 Å². The fourth-order valence-corrected chi connectivity index (χ4v) is 3.13. The number of hydrogen-bond donors (Lipinski definition) is 1. The first-order valence-corrected chi connectivity index (χ1v) is 7.41. The molecule has 0 atom stereocenters. The van der Waals surface area contributed by atoms with Gasteiger partial charge in [-0.2, -0.15) is 0 Å². The molecule has 0 unspecified atom stereocenters. The van der Waals surface area contributed by atoms with Crippen LogP contribution in [0.3, 0.4) is 0 Å². The van der Waals surface area contributed by atoms with E-state index in [1.807, 2.05) is 29.2 Å². The molecule has 19 heavy (non-hydrogen) atoms. The van der Waals surface area contributed by atoms with Crippen LogP contribution < -0.4 is 5.32 Å². The van der Waals surface area contributed by atoms with Crippen LogP contribution in [0.2, 0.25) is 5.02 Å². The molecule has 1 aromatic rings. The normalized spacial score (nSPS) is 21.0. The molecule has 3 rings (SSSR count). The molecule has 2 fully saturated rings. The molecule has 2 amide bonds. The van der Waals surface area contributed by atoms with Crippen molar-refractivity contribution < 1.29 is 4.79 Å². The number of hydrogen-bond acceptors (Lipinski definition) is 1. The first-order valence-electron chi connectivity index (χ1n) is 7.03. The summed E-state index contributed by atoms with van der Waals surface area (Å²) in [6.45, 7) is 1.76. The molecular formula is C15H19ClN2O. The zero-order valence-electron chi connectivity index (χ0n) is 11.0. The quantitative estimate of drug-likeness (QED) is 0.882. The zero-order valence-corrected chi connectivity index (χ0v) is 11.7. The van der Waals surface area contributed by atoms with Crippen molar-refractivity contribution in [1.29, 1.82) is 0 Å². The highest BCUT2D eigenvalue weighted by atomic mass is 35.5. The molecule has 3 nitrogen and oxygen atoms in total. The Labute approximate surface area is 118 Å². The van der Waals surface area contributed by atoms with Crippen LogP contribution in [0, 0.1) is 0 Å². The summed E-state index contributed by atoms with van der Waals surface area (Å²) < 4.78 is 0. The van der Waals surface area contributed by atoms with Gasteiger partial charge in [0, 0.05) is 18.1 Å². The van der Waals surface area contributed by atoms with E-state index >= 15 is 0 Å². The lowest BCUT2D eigenvalue weighted by atomic mass is 10.0. The van der Waals surface area contributed by atoms with E-state index in [0.29, 0.717) is 0 Å². The SMILES string of the molecule is O=C(NC1(c2ccccc2Cl)CC1)N1CCCCC1. The highest BCUT2D eigenvalue weighted by Crippen LogP contribution is 2.48. The van der Waals surface area contributed by atoms with Gasteiger partial charge in [0.25, 0.3) is 0 Å². The highest BCUT2D eigenvalue weighted by molar-refractivity contribution is 6.31. The second-order valence-electron chi connectivity index (χ2n) is 5.54. The Morgan fingerprint density at radius 2 is 1.84 bits per heavy atom. The minimum atomic E-state index is -0.215. The Balaban J connectivity index is 1.72. The van der Waals surface area contributed by atoms with Crippen molar-refractivity contribution in [3.05, 3.63) is 34.9 Å². The van der Waals surface area contributed by atoms with Crippen molar-refractivity contribution in [2.24, 2.45) is 0 Å². The number of nitrogens with zero attached hydrogens (tertiary/aromatic N) is 1. The van der Waals surface area contributed by atoms with E-state index in [9.17, 15) is 4.79 Å². The molecule has 1 saturated heterocycles. The molecule has 1 N–H and O–H groups in total. The predicted octanol–water partition coefficient (Wildman–Crippen LogP) is 3.52. The highest BCUT2D eigenvalue weighted by Gasteiger charge is 2.47. The van der Waals surface area contributed by atoms with Gasteiger partial charge in [0.15, 0.2) is 0 Å². The average molecular weight is 279 g/mol. The molecule has 0 aromatic heterocycles. The molecule has 0 spiro atoms. The molecule has 4 heteroatoms. The number of carbonyl (C=O) groups is 1. The van der Waals surface area contributed by atoms with E-state index in [1.54, 1.807) is 0 Å². The number of piperidine rings is 1. The van der Waals surface area contributed by atoms with Gasteiger partial charge in [-0.15, -0.1) is 0 Å². The van der Waals surface area contributed by atoms with Gasteiger partial charge < -0.3 is 10.2 Å². The molecular weight excluding hydrogens is 260 g/mol. The van der Waals surface area contributed by atoms with Gasteiger partial charge >= 0.3 is 6.03 Å². The fourth-order valence-electron chi connectivity index (χ4n) is 2.82. The Kier molecular flexibility index (Phi) is 3.40. The summed E-state index contributed by atoms with van der Waals surface area (Å²) in [5.74, 6) is 0. The third-order valence-corrected chi connectivity index (χ3v) is 4.46. The Morgan fingerprint density at radius 3 is 2.47 bits per heavy atom. The van der Waals surface area contributed by atoms with Gasteiger partial charge in [-0.05, 0) is 43.7 Å². The second kappa shape index (κ2) is 5.04. The van der Waals surface area contributed by atoms with Crippen LogP contribution in [0.25, 0.3) is 0 Å². The minimum Gasteiger partial charge on any atom is -0.328 e. The summed E-state index contributed by atoms with van der Waals surface area (Å²) in [7, 11) is 0. The number of benzene rings is 1. The largest absolute Gasteiger partial charge is 0.328 e. The zero-order chi connectivity index (χ0) is 13.3. The van der Waals surface area contributed by atoms with Crippen LogP contribution in [0.15, 0.2) is 24.3 Å². The van der Waals surface area contributed by atoms with Crippen molar-refractivity contribution in [3.63, 3.8) is 0 Å². The molecule has 102 valence electrons. The first kappa shape index (κ1) is 12.8. The second-order valence-corrected chi connectivity index (χ2v) is 5.95. The summed E-state index contributed by atoms with van der Waals surface area (Å²) in [6.07, 6.45) is 5.44. The molecule has 2 aliphatic rings. The summed E-state index contributed by atoms with van der Waals surface area (Å²) in [6, 6.07) is 7.88. The lowest BCUT2D eigenvalue weighted by Gasteiger charge is -2.29. The third kappa shape index (κ3) is 2.57. The van der Waals surface area contributed by atoms with Crippen molar-refractivity contribution in [1.82, 2.24) is 10.2 Å². The summed E-state index contributed by atoms with van der Waals surface area (Å²) >= 11 is 6.25. The average Bonchev–Trinajstić information content (AvgIpc) is 3.21. The molecule has 1 aromatic carbocycles. The lowest BCUT2D eigenvalue weighted by molar-refractivity contribution is 0.181. The topological polar surface area (TPSA) is 32.3 Å². The number of halogens is 1. The maximum absolute atomic E-state index is 12.3. The number of rotatable bonds is 2. The minimum absolute atomic E-state index is 0.0668. The first-order chi connectivity index (χ1) is 9.21. The number of amides is 2. The van der Waals surface area contributed by atoms with Crippen molar-refractivity contribution in [3.8, 4) is 0 Å². The number of nitrogens with one attached hydrogen (secondary N) is 1. The van der Waals surface area contributed by atoms with Gasteiger partial charge in [0.2, 0.25) is 0 Å². The number of likely N-dealkylation sites (tertiary alicyclic amines) is 1. The van der Waals surface area contributed by atoms with Crippen LogP contribution in [-0.4, -0.2) is 24.0 Å². The van der Waals surface area contributed by atoms with Gasteiger partial charge in [0.1, 0.15) is 0 Å². The fraction of sp³-hybridized carbons (Fsp3) is 0.533. The standard InChI is InChI=1S/C15H19ClN2O/c16-13-7-3-2-6-12(13)15(8-9-15)17-14(19)18-10-4-1-5-11-18/h2-3,6-7H,1,4-5,8-11H2,(H,17,19). The molecule has 1 aliphatic carbocycles. The Bertz CT molecular complexity index is 479. The summed E-state index contributed by atoms with van der Waals surface area (Å²) in [4.78, 5) is 14.2. The third-order valence-electron chi connectivity index (χ3n) is 4.13. The van der Waals surface area contributed by atoms with E-state index in [1.165, 1.54) is 6.42 Å². The molecule has 1 saturated carbocycles. The molecule has 1 heterocycles. The van der Waals surface area contributed by atoms with Gasteiger partial charge in [-0.3, -0.25) is 0 Å². The Morgan fingerprint density at radius 1 is 1.16 bits per heavy atom. The van der Waals surface area contributed by atoms with Gasteiger partial charge in [-0.1, -0.05) is 29.8 Å². The molecule has 0 radical (unpaired) electrons. The van der Waals surface area contributed by atoms with E-state index in [-0.39, 0.29) is 11.6 Å². The van der Waals surface area contributed by atoms with E-state index in [4.69, 9.17) is 11.6 Å². The maximum atomic E-state index is 12.3. The van der Waals surface area contributed by atoms with Crippen LogP contribution in [0.1, 0.15) is 37.7 Å². The summed E-state index contributed by atoms with van der Waals surface area (Å²) in [5, 5.41) is 3.95. The lowest BCUT2D eigenvalue weighted by Crippen LogP contribution is -2.47. The van der Waals surface area contributed by atoms with Crippen LogP contribution >= 0.6 is 11.6 Å². The Hall–Kier alpha value is -1.22. The van der Waals surface area contributed by atoms with E-state index in [2.05, 4.69) is 5.32 Å². The number of carbonyl (C=O) groups excluding carboxylic acids is 1. The monoisotopic (exact) mass is 278 g/mol. The van der Waals surface area contributed by atoms with Gasteiger partial charge in [-0.25, -0.2) is 4.79 Å². The van der Waals surface area contributed by atoms with Crippen LogP contribution in [0.4, 0.5) is 4.79 Å². The van der Waals surface area contributed by atoms with Gasteiger partial charge in [0.05, 0.1) is 5.54 Å². The maximum Gasteiger partial charge on any atom is 0.318 e. The number of urea groups is 1. The summed E-state index contributed by atoms with van der Waals surface area (Å²) in [5.41, 5.74) is 0.842.